The van der Waals surface area contributed by atoms with Crippen molar-refractivity contribution in [2.24, 2.45) is 5.92 Å². The molecule has 18 heavy (non-hydrogen) atoms. The third-order valence-electron chi connectivity index (χ3n) is 3.71. The van der Waals surface area contributed by atoms with Gasteiger partial charge in [0.15, 0.2) is 0 Å². The van der Waals surface area contributed by atoms with Crippen LogP contribution in [0.5, 0.6) is 0 Å². The molecule has 0 saturated carbocycles. The molecule has 0 radical (unpaired) electrons. The number of hydrogen-bond acceptors (Lipinski definition) is 1. The van der Waals surface area contributed by atoms with Gasteiger partial charge in [-0.05, 0) is 19.3 Å². The van der Waals surface area contributed by atoms with Crippen LogP contribution in [0.15, 0.2) is 0 Å². The Balaban J connectivity index is 0. The van der Waals surface area contributed by atoms with E-state index >= 15 is 0 Å². The molecule has 0 aromatic heterocycles. The Hall–Kier alpha value is -0.0800. The van der Waals surface area contributed by atoms with Gasteiger partial charge in [0.05, 0.1) is 26.2 Å². The molecule has 2 nitrogen and oxygen atoms in total. The van der Waals surface area contributed by atoms with Gasteiger partial charge in [0.1, 0.15) is 0 Å². The Morgan fingerprint density at radius 1 is 0.722 bits per heavy atom. The molecular formula is C16H37NO. The van der Waals surface area contributed by atoms with Crippen LogP contribution in [-0.4, -0.2) is 36.1 Å². The molecule has 1 N–H and O–H groups in total. The number of unbranched alkanes of at least 4 members (excludes halogenated alkanes) is 3. The molecule has 0 atom stereocenters. The highest BCUT2D eigenvalue weighted by molar-refractivity contribution is 4.51. The lowest BCUT2D eigenvalue weighted by Gasteiger charge is -2.40. The monoisotopic (exact) mass is 259 g/mol. The average Bonchev–Trinajstić information content (AvgIpc) is 2.30. The molecule has 0 aliphatic carbocycles. The van der Waals surface area contributed by atoms with E-state index in [1.54, 1.807) is 0 Å². The average molecular weight is 259 g/mol. The van der Waals surface area contributed by atoms with Crippen LogP contribution >= 0.6 is 0 Å². The summed E-state index contributed by atoms with van der Waals surface area (Å²) in [6, 6.07) is 0. The van der Waals surface area contributed by atoms with E-state index in [0.29, 0.717) is 0 Å². The zero-order valence-corrected chi connectivity index (χ0v) is 13.5. The summed E-state index contributed by atoms with van der Waals surface area (Å²) in [6.45, 7) is 17.4. The van der Waals surface area contributed by atoms with Crippen molar-refractivity contribution in [2.75, 3.05) is 26.2 Å². The van der Waals surface area contributed by atoms with E-state index in [2.05, 4.69) is 34.6 Å². The van der Waals surface area contributed by atoms with E-state index in [0.717, 1.165) is 5.92 Å². The predicted octanol–water partition coefficient (Wildman–Crippen LogP) is 4.68. The summed E-state index contributed by atoms with van der Waals surface area (Å²) in [5, 5.41) is 0. The molecule has 0 fully saturated rings. The SMILES string of the molecule is CCCC[N+](CCCC)(CCCC)CC(C)C.[OH-]. The standard InChI is InChI=1S/C16H36N.H2O/c1-6-9-12-17(13-10-7-2,14-11-8-3)15-16(4)5;/h16H,6-15H2,1-5H3;1H2/q+1;/p-1. The van der Waals surface area contributed by atoms with Crippen molar-refractivity contribution in [3.63, 3.8) is 0 Å². The Morgan fingerprint density at radius 2 is 1.06 bits per heavy atom. The molecule has 0 rings (SSSR count). The molecule has 0 saturated heterocycles. The van der Waals surface area contributed by atoms with Crippen LogP contribution in [0.1, 0.15) is 73.1 Å². The number of quaternary nitrogens is 1. The van der Waals surface area contributed by atoms with Crippen LogP contribution < -0.4 is 0 Å². The second-order valence-electron chi connectivity index (χ2n) is 6.15. The smallest absolute Gasteiger partial charge is 0.0809 e. The molecule has 0 unspecified atom stereocenters. The minimum Gasteiger partial charge on any atom is -0.870 e. The van der Waals surface area contributed by atoms with Crippen LogP contribution in [0.25, 0.3) is 0 Å². The molecule has 0 bridgehead atoms. The van der Waals surface area contributed by atoms with Gasteiger partial charge in [-0.3, -0.25) is 0 Å². The summed E-state index contributed by atoms with van der Waals surface area (Å²) in [4.78, 5) is 0. The second-order valence-corrected chi connectivity index (χ2v) is 6.15. The minimum absolute atomic E-state index is 0. The first kappa shape index (κ1) is 20.2. The van der Waals surface area contributed by atoms with Crippen molar-refractivity contribution in [3.05, 3.63) is 0 Å². The van der Waals surface area contributed by atoms with Crippen LogP contribution in [0.4, 0.5) is 0 Å². The molecule has 0 spiro atoms. The zero-order chi connectivity index (χ0) is 13.1. The summed E-state index contributed by atoms with van der Waals surface area (Å²) < 4.78 is 1.40. The van der Waals surface area contributed by atoms with Gasteiger partial charge < -0.3 is 9.96 Å². The highest BCUT2D eigenvalue weighted by atomic mass is 16.0. The lowest BCUT2D eigenvalue weighted by molar-refractivity contribution is -0.931. The lowest BCUT2D eigenvalue weighted by Crippen LogP contribution is -2.52. The van der Waals surface area contributed by atoms with Crippen molar-refractivity contribution < 1.29 is 9.96 Å². The van der Waals surface area contributed by atoms with Gasteiger partial charge in [0.2, 0.25) is 0 Å². The van der Waals surface area contributed by atoms with E-state index in [4.69, 9.17) is 0 Å². The lowest BCUT2D eigenvalue weighted by atomic mass is 10.1. The quantitative estimate of drug-likeness (QED) is 0.495. The summed E-state index contributed by atoms with van der Waals surface area (Å²) in [7, 11) is 0. The Bertz CT molecular complexity index is 147. The molecule has 0 aromatic rings. The van der Waals surface area contributed by atoms with Gasteiger partial charge in [0, 0.05) is 5.92 Å². The maximum atomic E-state index is 2.39. The van der Waals surface area contributed by atoms with Crippen molar-refractivity contribution in [3.8, 4) is 0 Å². The number of rotatable bonds is 11. The van der Waals surface area contributed by atoms with Crippen molar-refractivity contribution >= 4 is 0 Å². The summed E-state index contributed by atoms with van der Waals surface area (Å²) >= 11 is 0. The number of nitrogens with zero attached hydrogens (tertiary/aromatic N) is 1. The maximum Gasteiger partial charge on any atom is 0.0809 e. The predicted molar refractivity (Wildman–Crippen MR) is 81.2 cm³/mol. The molecule has 0 heterocycles. The third kappa shape index (κ3) is 8.93. The minimum atomic E-state index is 0. The van der Waals surface area contributed by atoms with E-state index in [1.165, 1.54) is 69.2 Å². The first-order valence-electron chi connectivity index (χ1n) is 7.95. The van der Waals surface area contributed by atoms with Crippen molar-refractivity contribution in [2.45, 2.75) is 73.1 Å². The Morgan fingerprint density at radius 3 is 1.28 bits per heavy atom. The fourth-order valence-corrected chi connectivity index (χ4v) is 2.86. The van der Waals surface area contributed by atoms with Crippen LogP contribution in [0.3, 0.4) is 0 Å². The molecule has 0 amide bonds. The van der Waals surface area contributed by atoms with Gasteiger partial charge in [-0.1, -0.05) is 53.9 Å². The second kappa shape index (κ2) is 12.0. The van der Waals surface area contributed by atoms with E-state index in [1.807, 2.05) is 0 Å². The largest absolute Gasteiger partial charge is 0.870 e. The molecule has 0 aliphatic rings. The van der Waals surface area contributed by atoms with Gasteiger partial charge in [0.25, 0.3) is 0 Å². The third-order valence-corrected chi connectivity index (χ3v) is 3.71. The summed E-state index contributed by atoms with van der Waals surface area (Å²) in [5.41, 5.74) is 0. The van der Waals surface area contributed by atoms with Crippen molar-refractivity contribution in [1.29, 1.82) is 0 Å². The van der Waals surface area contributed by atoms with Crippen LogP contribution in [-0.2, 0) is 0 Å². The van der Waals surface area contributed by atoms with E-state index in [-0.39, 0.29) is 5.48 Å². The fraction of sp³-hybridized carbons (Fsp3) is 1.00. The first-order valence-corrected chi connectivity index (χ1v) is 7.95. The normalized spacial score (nSPS) is 11.7. The van der Waals surface area contributed by atoms with E-state index < -0.39 is 0 Å². The summed E-state index contributed by atoms with van der Waals surface area (Å²) in [6.07, 6.45) is 8.24. The van der Waals surface area contributed by atoms with Crippen LogP contribution in [0.2, 0.25) is 0 Å². The summed E-state index contributed by atoms with van der Waals surface area (Å²) in [5.74, 6) is 0.834. The van der Waals surface area contributed by atoms with E-state index in [9.17, 15) is 0 Å². The molecule has 0 aromatic carbocycles. The fourth-order valence-electron chi connectivity index (χ4n) is 2.86. The highest BCUT2D eigenvalue weighted by Gasteiger charge is 2.26. The molecule has 2 heteroatoms. The van der Waals surface area contributed by atoms with Gasteiger partial charge in [-0.2, -0.15) is 0 Å². The van der Waals surface area contributed by atoms with Crippen LogP contribution in [0, 0.1) is 5.92 Å². The van der Waals surface area contributed by atoms with Gasteiger partial charge in [-0.15, -0.1) is 0 Å². The molecular weight excluding hydrogens is 222 g/mol. The molecule has 0 aliphatic heterocycles. The first-order chi connectivity index (χ1) is 8.10. The topological polar surface area (TPSA) is 30.0 Å². The van der Waals surface area contributed by atoms with Gasteiger partial charge >= 0.3 is 0 Å². The number of hydrogen-bond donors (Lipinski definition) is 0. The van der Waals surface area contributed by atoms with Crippen molar-refractivity contribution in [1.82, 2.24) is 0 Å². The maximum absolute atomic E-state index is 2.39. The van der Waals surface area contributed by atoms with Gasteiger partial charge in [-0.25, -0.2) is 0 Å². The highest BCUT2D eigenvalue weighted by Crippen LogP contribution is 2.17. The Labute approximate surface area is 116 Å². The zero-order valence-electron chi connectivity index (χ0n) is 13.5. The molecule has 112 valence electrons. The Kier molecular flexibility index (Phi) is 13.5.